The first-order valence-corrected chi connectivity index (χ1v) is 6.11. The summed E-state index contributed by atoms with van der Waals surface area (Å²) in [6, 6.07) is 2.03. The molecular formula is C10H11BrN4O. The highest BCUT2D eigenvalue weighted by atomic mass is 79.9. The Bertz CT molecular complexity index is 488. The van der Waals surface area contributed by atoms with Crippen LogP contribution in [0.1, 0.15) is 36.6 Å². The fraction of sp³-hybridized carbons (Fsp3) is 0.500. The molecule has 1 fully saturated rings. The van der Waals surface area contributed by atoms with E-state index in [9.17, 15) is 0 Å². The average Bonchev–Trinajstić information content (AvgIpc) is 2.76. The Kier molecular flexibility index (Phi) is 2.51. The predicted octanol–water partition coefficient (Wildman–Crippen LogP) is 2.34. The molecule has 1 aliphatic carbocycles. The maximum atomic E-state index is 5.29. The lowest BCUT2D eigenvalue weighted by Crippen LogP contribution is -2.08. The number of hydrogen-bond acceptors (Lipinski definition) is 4. The van der Waals surface area contributed by atoms with E-state index in [-0.39, 0.29) is 0 Å². The first-order chi connectivity index (χ1) is 7.83. The van der Waals surface area contributed by atoms with Crippen LogP contribution in [0.15, 0.2) is 21.7 Å². The van der Waals surface area contributed by atoms with Gasteiger partial charge in [-0.25, -0.2) is 9.67 Å². The van der Waals surface area contributed by atoms with Crippen molar-refractivity contribution in [3.8, 4) is 0 Å². The minimum atomic E-state index is 0.570. The summed E-state index contributed by atoms with van der Waals surface area (Å²) in [4.78, 5) is 3.99. The molecule has 0 aromatic carbocycles. The number of rotatable bonds is 3. The molecule has 3 rings (SSSR count). The van der Waals surface area contributed by atoms with Crippen molar-refractivity contribution in [2.45, 2.75) is 31.7 Å². The quantitative estimate of drug-likeness (QED) is 0.867. The molecule has 2 heterocycles. The van der Waals surface area contributed by atoms with Crippen LogP contribution in [0.5, 0.6) is 0 Å². The Morgan fingerprint density at radius 2 is 2.38 bits per heavy atom. The van der Waals surface area contributed by atoms with Crippen molar-refractivity contribution in [2.24, 2.45) is 0 Å². The summed E-state index contributed by atoms with van der Waals surface area (Å²) in [5, 5.41) is 8.17. The zero-order valence-corrected chi connectivity index (χ0v) is 10.2. The van der Waals surface area contributed by atoms with Crippen LogP contribution >= 0.6 is 15.9 Å². The van der Waals surface area contributed by atoms with Crippen molar-refractivity contribution in [3.05, 3.63) is 28.6 Å². The molecule has 84 valence electrons. The Hall–Kier alpha value is -1.17. The number of halogens is 1. The van der Waals surface area contributed by atoms with Crippen molar-refractivity contribution in [2.75, 3.05) is 0 Å². The van der Waals surface area contributed by atoms with Crippen LogP contribution in [-0.4, -0.2) is 19.9 Å². The van der Waals surface area contributed by atoms with E-state index in [2.05, 4.69) is 31.2 Å². The maximum Gasteiger partial charge on any atom is 0.195 e. The van der Waals surface area contributed by atoms with E-state index in [0.29, 0.717) is 17.2 Å². The van der Waals surface area contributed by atoms with Crippen molar-refractivity contribution in [1.29, 1.82) is 0 Å². The lowest BCUT2D eigenvalue weighted by molar-refractivity contribution is 0.340. The van der Waals surface area contributed by atoms with Gasteiger partial charge in [-0.05, 0) is 28.8 Å². The summed E-state index contributed by atoms with van der Waals surface area (Å²) in [7, 11) is 0. The topological polar surface area (TPSA) is 56.7 Å². The van der Waals surface area contributed by atoms with E-state index in [1.165, 1.54) is 25.6 Å². The lowest BCUT2D eigenvalue weighted by atomic mass is 9.83. The number of nitrogens with zero attached hydrogens (tertiary/aromatic N) is 4. The minimum absolute atomic E-state index is 0.570. The highest BCUT2D eigenvalue weighted by molar-refractivity contribution is 9.10. The van der Waals surface area contributed by atoms with Crippen LogP contribution in [0.2, 0.25) is 0 Å². The third-order valence-electron chi connectivity index (χ3n) is 2.97. The molecule has 2 aromatic rings. The normalized spacial score (nSPS) is 16.3. The van der Waals surface area contributed by atoms with Gasteiger partial charge in [-0.2, -0.15) is 5.10 Å². The van der Waals surface area contributed by atoms with Crippen LogP contribution in [0.3, 0.4) is 0 Å². The molecule has 0 atom stereocenters. The molecule has 5 nitrogen and oxygen atoms in total. The third kappa shape index (κ3) is 1.77. The van der Waals surface area contributed by atoms with E-state index in [1.54, 1.807) is 4.68 Å². The molecule has 6 heteroatoms. The van der Waals surface area contributed by atoms with Crippen LogP contribution in [0.4, 0.5) is 0 Å². The van der Waals surface area contributed by atoms with Crippen LogP contribution in [0.25, 0.3) is 0 Å². The van der Waals surface area contributed by atoms with Crippen molar-refractivity contribution >= 4 is 15.9 Å². The zero-order chi connectivity index (χ0) is 11.0. The molecule has 0 spiro atoms. The van der Waals surface area contributed by atoms with Crippen molar-refractivity contribution in [3.63, 3.8) is 0 Å². The van der Waals surface area contributed by atoms with Gasteiger partial charge in [0.25, 0.3) is 0 Å². The molecule has 0 bridgehead atoms. The Balaban J connectivity index is 1.75. The van der Waals surface area contributed by atoms with Gasteiger partial charge in [-0.15, -0.1) is 0 Å². The average molecular weight is 283 g/mol. The van der Waals surface area contributed by atoms with E-state index in [1.807, 2.05) is 6.07 Å². The molecule has 1 saturated carbocycles. The first-order valence-electron chi connectivity index (χ1n) is 5.32. The second kappa shape index (κ2) is 4.01. The molecule has 0 radical (unpaired) electrons. The largest absolute Gasteiger partial charge is 0.359 e. The number of aromatic nitrogens is 4. The summed E-state index contributed by atoms with van der Waals surface area (Å²) in [6.45, 7) is 0.570. The van der Waals surface area contributed by atoms with Gasteiger partial charge < -0.3 is 4.52 Å². The summed E-state index contributed by atoms with van der Waals surface area (Å²) < 4.78 is 7.72. The van der Waals surface area contributed by atoms with Gasteiger partial charge >= 0.3 is 0 Å². The van der Waals surface area contributed by atoms with Crippen molar-refractivity contribution < 1.29 is 4.52 Å². The maximum absolute atomic E-state index is 5.29. The van der Waals surface area contributed by atoms with Crippen LogP contribution in [-0.2, 0) is 6.54 Å². The summed E-state index contributed by atoms with van der Waals surface area (Å²) in [5.74, 6) is 1.43. The van der Waals surface area contributed by atoms with Gasteiger partial charge in [-0.3, -0.25) is 0 Å². The van der Waals surface area contributed by atoms with Gasteiger partial charge in [0.05, 0.1) is 5.69 Å². The highest BCUT2D eigenvalue weighted by Crippen LogP contribution is 2.35. The van der Waals surface area contributed by atoms with Gasteiger partial charge in [0.15, 0.2) is 10.5 Å². The van der Waals surface area contributed by atoms with Crippen molar-refractivity contribution in [1.82, 2.24) is 19.9 Å². The number of hydrogen-bond donors (Lipinski definition) is 0. The second-order valence-corrected chi connectivity index (χ2v) is 4.74. The fourth-order valence-electron chi connectivity index (χ4n) is 1.80. The molecule has 0 aliphatic heterocycles. The Labute approximate surface area is 101 Å². The standard InChI is InChI=1S/C10H11BrN4O/c11-10-12-6-13-15(10)5-8-4-9(14-16-8)7-2-1-3-7/h4,6-7H,1-3,5H2. The van der Waals surface area contributed by atoms with Crippen LogP contribution < -0.4 is 0 Å². The third-order valence-corrected chi connectivity index (χ3v) is 3.59. The Morgan fingerprint density at radius 1 is 1.50 bits per heavy atom. The second-order valence-electron chi connectivity index (χ2n) is 4.03. The van der Waals surface area contributed by atoms with Gasteiger partial charge in [0.1, 0.15) is 12.9 Å². The van der Waals surface area contributed by atoms with E-state index in [0.717, 1.165) is 11.5 Å². The molecule has 0 unspecified atom stereocenters. The molecule has 0 amide bonds. The molecule has 2 aromatic heterocycles. The summed E-state index contributed by atoms with van der Waals surface area (Å²) in [5.41, 5.74) is 1.08. The van der Waals surface area contributed by atoms with E-state index >= 15 is 0 Å². The van der Waals surface area contributed by atoms with Crippen LogP contribution in [0, 0.1) is 0 Å². The fourth-order valence-corrected chi connectivity index (χ4v) is 2.11. The van der Waals surface area contributed by atoms with Gasteiger partial charge in [-0.1, -0.05) is 11.6 Å². The monoisotopic (exact) mass is 282 g/mol. The molecule has 0 saturated heterocycles. The van der Waals surface area contributed by atoms with E-state index in [4.69, 9.17) is 4.52 Å². The molecular weight excluding hydrogens is 272 g/mol. The smallest absolute Gasteiger partial charge is 0.195 e. The van der Waals surface area contributed by atoms with E-state index < -0.39 is 0 Å². The highest BCUT2D eigenvalue weighted by Gasteiger charge is 2.23. The molecule has 16 heavy (non-hydrogen) atoms. The summed E-state index contributed by atoms with van der Waals surface area (Å²) >= 11 is 3.31. The predicted molar refractivity (Wildman–Crippen MR) is 59.9 cm³/mol. The lowest BCUT2D eigenvalue weighted by Gasteiger charge is -2.22. The molecule has 1 aliphatic rings. The zero-order valence-electron chi connectivity index (χ0n) is 8.64. The minimum Gasteiger partial charge on any atom is -0.359 e. The van der Waals surface area contributed by atoms with Gasteiger partial charge in [0.2, 0.25) is 0 Å². The van der Waals surface area contributed by atoms with Gasteiger partial charge in [0, 0.05) is 12.0 Å². The SMILES string of the molecule is Brc1ncnn1Cc1cc(C2CCC2)no1. The Morgan fingerprint density at radius 3 is 3.00 bits per heavy atom. The summed E-state index contributed by atoms with van der Waals surface area (Å²) in [6.07, 6.45) is 5.28. The first kappa shape index (κ1) is 10.0. The molecule has 0 N–H and O–H groups in total.